The van der Waals surface area contributed by atoms with Crippen LogP contribution in [0.25, 0.3) is 0 Å². The number of carboxylic acids is 1. The molecule has 5 nitrogen and oxygen atoms in total. The van der Waals surface area contributed by atoms with Gasteiger partial charge in [0.2, 0.25) is 5.91 Å². The van der Waals surface area contributed by atoms with E-state index in [0.717, 1.165) is 5.56 Å². The van der Waals surface area contributed by atoms with Crippen LogP contribution in [0.5, 0.6) is 0 Å². The number of ether oxygens (including phenoxy) is 1. The summed E-state index contributed by atoms with van der Waals surface area (Å²) >= 11 is 0. The van der Waals surface area contributed by atoms with Gasteiger partial charge in [-0.1, -0.05) is 37.3 Å². The van der Waals surface area contributed by atoms with Crippen molar-refractivity contribution in [1.29, 1.82) is 0 Å². The zero-order valence-corrected chi connectivity index (χ0v) is 11.0. The zero-order chi connectivity index (χ0) is 14.1. The smallest absolute Gasteiger partial charge is 0.305 e. The fourth-order valence-corrected chi connectivity index (χ4v) is 1.61. The molecule has 0 saturated heterocycles. The van der Waals surface area contributed by atoms with Crippen molar-refractivity contribution < 1.29 is 19.4 Å². The van der Waals surface area contributed by atoms with Gasteiger partial charge < -0.3 is 15.2 Å². The molecule has 0 aliphatic heterocycles. The van der Waals surface area contributed by atoms with Crippen LogP contribution in [0.4, 0.5) is 0 Å². The largest absolute Gasteiger partial charge is 0.481 e. The highest BCUT2D eigenvalue weighted by atomic mass is 16.5. The number of nitrogens with one attached hydrogen (secondary N) is 1. The lowest BCUT2D eigenvalue weighted by Gasteiger charge is -2.14. The number of aliphatic carboxylic acids is 1. The maximum atomic E-state index is 11.6. The quantitative estimate of drug-likeness (QED) is 0.748. The Labute approximate surface area is 112 Å². The minimum atomic E-state index is -0.919. The Bertz CT molecular complexity index is 405. The van der Waals surface area contributed by atoms with E-state index < -0.39 is 5.97 Å². The van der Waals surface area contributed by atoms with E-state index in [2.05, 4.69) is 5.32 Å². The Morgan fingerprint density at radius 2 is 2.00 bits per heavy atom. The van der Waals surface area contributed by atoms with Gasteiger partial charge >= 0.3 is 5.97 Å². The van der Waals surface area contributed by atoms with Crippen LogP contribution >= 0.6 is 0 Å². The minimum Gasteiger partial charge on any atom is -0.481 e. The van der Waals surface area contributed by atoms with Crippen LogP contribution in [-0.4, -0.2) is 29.6 Å². The molecule has 0 spiro atoms. The molecule has 1 atom stereocenters. The topological polar surface area (TPSA) is 75.6 Å². The van der Waals surface area contributed by atoms with Crippen LogP contribution < -0.4 is 5.32 Å². The van der Waals surface area contributed by atoms with Gasteiger partial charge in [0.05, 0.1) is 13.0 Å². The predicted octanol–water partition coefficient (Wildman–Crippen LogP) is 1.57. The van der Waals surface area contributed by atoms with Gasteiger partial charge in [0.15, 0.2) is 0 Å². The summed E-state index contributed by atoms with van der Waals surface area (Å²) in [6.07, 6.45) is 0.512. The number of benzene rings is 1. The standard InChI is InChI=1S/C14H19NO4/c1-2-12(8-14(17)18)15-13(16)10-19-9-11-6-4-3-5-7-11/h3-7,12H,2,8-10H2,1H3,(H,15,16)(H,17,18). The second kappa shape index (κ2) is 8.26. The number of carbonyl (C=O) groups is 2. The van der Waals surface area contributed by atoms with Crippen LogP contribution in [0.15, 0.2) is 30.3 Å². The van der Waals surface area contributed by atoms with Gasteiger partial charge in [-0.3, -0.25) is 9.59 Å². The van der Waals surface area contributed by atoms with Gasteiger partial charge in [-0.25, -0.2) is 0 Å². The second-order valence-electron chi connectivity index (χ2n) is 4.25. The molecule has 5 heteroatoms. The molecule has 0 heterocycles. The van der Waals surface area contributed by atoms with Crippen LogP contribution in [0.1, 0.15) is 25.3 Å². The third-order valence-electron chi connectivity index (χ3n) is 2.62. The lowest BCUT2D eigenvalue weighted by Crippen LogP contribution is -2.38. The summed E-state index contributed by atoms with van der Waals surface area (Å²) in [4.78, 5) is 22.1. The number of rotatable bonds is 8. The van der Waals surface area contributed by atoms with E-state index in [1.807, 2.05) is 37.3 Å². The van der Waals surface area contributed by atoms with Gasteiger partial charge in [0, 0.05) is 6.04 Å². The maximum Gasteiger partial charge on any atom is 0.305 e. The highest BCUT2D eigenvalue weighted by molar-refractivity contribution is 5.78. The molecule has 1 aromatic carbocycles. The van der Waals surface area contributed by atoms with Crippen LogP contribution in [0.3, 0.4) is 0 Å². The van der Waals surface area contributed by atoms with Crippen molar-refractivity contribution in [2.75, 3.05) is 6.61 Å². The molecule has 2 N–H and O–H groups in total. The molecule has 1 unspecified atom stereocenters. The van der Waals surface area contributed by atoms with Gasteiger partial charge in [0.25, 0.3) is 0 Å². The van der Waals surface area contributed by atoms with E-state index in [9.17, 15) is 9.59 Å². The van der Waals surface area contributed by atoms with E-state index >= 15 is 0 Å². The SMILES string of the molecule is CCC(CC(=O)O)NC(=O)COCc1ccccc1. The van der Waals surface area contributed by atoms with Crippen LogP contribution in [-0.2, 0) is 20.9 Å². The van der Waals surface area contributed by atoms with E-state index in [1.54, 1.807) is 0 Å². The number of amides is 1. The molecule has 0 aliphatic rings. The molecule has 1 rings (SSSR count). The average Bonchev–Trinajstić information content (AvgIpc) is 2.38. The average molecular weight is 265 g/mol. The Balaban J connectivity index is 2.25. The molecular weight excluding hydrogens is 246 g/mol. The van der Waals surface area contributed by atoms with E-state index in [0.29, 0.717) is 13.0 Å². The number of carbonyl (C=O) groups excluding carboxylic acids is 1. The van der Waals surface area contributed by atoms with E-state index in [1.165, 1.54) is 0 Å². The summed E-state index contributed by atoms with van der Waals surface area (Å²) in [6, 6.07) is 9.20. The lowest BCUT2D eigenvalue weighted by atomic mass is 10.1. The summed E-state index contributed by atoms with van der Waals surface area (Å²) in [5.41, 5.74) is 0.993. The molecule has 0 fully saturated rings. The first-order valence-electron chi connectivity index (χ1n) is 6.24. The summed E-state index contributed by atoms with van der Waals surface area (Å²) < 4.78 is 5.27. The number of carboxylic acid groups (broad SMARTS) is 1. The van der Waals surface area contributed by atoms with Crippen molar-refractivity contribution in [2.24, 2.45) is 0 Å². The Morgan fingerprint density at radius 1 is 1.32 bits per heavy atom. The fourth-order valence-electron chi connectivity index (χ4n) is 1.61. The van der Waals surface area contributed by atoms with Crippen molar-refractivity contribution in [3.8, 4) is 0 Å². The molecule has 0 aromatic heterocycles. The fraction of sp³-hybridized carbons (Fsp3) is 0.429. The molecule has 0 bridgehead atoms. The highest BCUT2D eigenvalue weighted by Crippen LogP contribution is 2.01. The van der Waals surface area contributed by atoms with Crippen molar-refractivity contribution in [3.05, 3.63) is 35.9 Å². The second-order valence-corrected chi connectivity index (χ2v) is 4.25. The number of hydrogen-bond acceptors (Lipinski definition) is 3. The zero-order valence-electron chi connectivity index (χ0n) is 11.0. The third kappa shape index (κ3) is 6.57. The van der Waals surface area contributed by atoms with Gasteiger partial charge in [-0.05, 0) is 12.0 Å². The van der Waals surface area contributed by atoms with E-state index in [-0.39, 0.29) is 25.0 Å². The van der Waals surface area contributed by atoms with Crippen molar-refractivity contribution in [1.82, 2.24) is 5.32 Å². The van der Waals surface area contributed by atoms with Crippen molar-refractivity contribution in [2.45, 2.75) is 32.4 Å². The Kier molecular flexibility index (Phi) is 6.60. The van der Waals surface area contributed by atoms with Crippen molar-refractivity contribution >= 4 is 11.9 Å². The molecule has 0 radical (unpaired) electrons. The van der Waals surface area contributed by atoms with Gasteiger partial charge in [-0.15, -0.1) is 0 Å². The predicted molar refractivity (Wildman–Crippen MR) is 70.6 cm³/mol. The molecular formula is C14H19NO4. The molecule has 104 valence electrons. The first-order chi connectivity index (χ1) is 9.11. The Morgan fingerprint density at radius 3 is 2.58 bits per heavy atom. The van der Waals surface area contributed by atoms with Gasteiger partial charge in [-0.2, -0.15) is 0 Å². The van der Waals surface area contributed by atoms with Crippen LogP contribution in [0, 0.1) is 0 Å². The van der Waals surface area contributed by atoms with Crippen molar-refractivity contribution in [3.63, 3.8) is 0 Å². The summed E-state index contributed by atoms with van der Waals surface area (Å²) in [5.74, 6) is -1.21. The van der Waals surface area contributed by atoms with E-state index in [4.69, 9.17) is 9.84 Å². The molecule has 19 heavy (non-hydrogen) atoms. The summed E-state index contributed by atoms with van der Waals surface area (Å²) in [5, 5.41) is 11.3. The third-order valence-corrected chi connectivity index (χ3v) is 2.62. The maximum absolute atomic E-state index is 11.6. The molecule has 0 aliphatic carbocycles. The lowest BCUT2D eigenvalue weighted by molar-refractivity contribution is -0.138. The normalized spacial score (nSPS) is 11.8. The first kappa shape index (κ1) is 15.2. The summed E-state index contributed by atoms with van der Waals surface area (Å²) in [7, 11) is 0. The molecule has 0 saturated carbocycles. The summed E-state index contributed by atoms with van der Waals surface area (Å²) in [6.45, 7) is 2.13. The number of hydrogen-bond donors (Lipinski definition) is 2. The molecule has 1 aromatic rings. The Hall–Kier alpha value is -1.88. The molecule has 1 amide bonds. The first-order valence-corrected chi connectivity index (χ1v) is 6.24. The highest BCUT2D eigenvalue weighted by Gasteiger charge is 2.13. The van der Waals surface area contributed by atoms with Crippen LogP contribution in [0.2, 0.25) is 0 Å². The monoisotopic (exact) mass is 265 g/mol. The minimum absolute atomic E-state index is 0.0645. The van der Waals surface area contributed by atoms with Gasteiger partial charge in [0.1, 0.15) is 6.61 Å².